The molecule has 6 nitrogen and oxygen atoms in total. The second kappa shape index (κ2) is 8.62. The second-order valence-electron chi connectivity index (χ2n) is 5.74. The number of pyridine rings is 1. The van der Waals surface area contributed by atoms with E-state index in [9.17, 15) is 9.59 Å². The van der Waals surface area contributed by atoms with Crippen molar-refractivity contribution in [2.45, 2.75) is 26.7 Å². The minimum Gasteiger partial charge on any atom is -0.355 e. The fraction of sp³-hybridized carbons (Fsp3) is 0.588. The van der Waals surface area contributed by atoms with Crippen LogP contribution in [0.15, 0.2) is 18.3 Å². The number of amides is 2. The molecule has 1 aliphatic heterocycles. The normalized spacial score (nSPS) is 16.0. The van der Waals surface area contributed by atoms with Crippen LogP contribution in [0.25, 0.3) is 0 Å². The molecule has 0 radical (unpaired) electrons. The highest BCUT2D eigenvalue weighted by molar-refractivity contribution is 5.93. The third-order valence-corrected chi connectivity index (χ3v) is 4.09. The van der Waals surface area contributed by atoms with Crippen LogP contribution in [-0.2, 0) is 11.2 Å². The van der Waals surface area contributed by atoms with Gasteiger partial charge in [-0.05, 0) is 31.4 Å². The molecular weight excluding hydrogens is 292 g/mol. The predicted molar refractivity (Wildman–Crippen MR) is 89.3 cm³/mol. The van der Waals surface area contributed by atoms with Gasteiger partial charge in [-0.2, -0.15) is 0 Å². The van der Waals surface area contributed by atoms with Crippen molar-refractivity contribution in [1.82, 2.24) is 20.1 Å². The summed E-state index contributed by atoms with van der Waals surface area (Å²) in [4.78, 5) is 32.7. The van der Waals surface area contributed by atoms with Gasteiger partial charge in [-0.1, -0.05) is 13.0 Å². The lowest BCUT2D eigenvalue weighted by Gasteiger charge is -2.22. The molecule has 2 heterocycles. The van der Waals surface area contributed by atoms with E-state index in [-0.39, 0.29) is 11.8 Å². The Labute approximate surface area is 137 Å². The van der Waals surface area contributed by atoms with Crippen molar-refractivity contribution in [2.24, 2.45) is 0 Å². The van der Waals surface area contributed by atoms with E-state index < -0.39 is 0 Å². The first kappa shape index (κ1) is 17.4. The van der Waals surface area contributed by atoms with E-state index in [1.54, 1.807) is 6.20 Å². The number of rotatable bonds is 5. The number of likely N-dealkylation sites (N-methyl/N-ethyl adjacent to an activating group) is 1. The standard InChI is InChI=1S/C17H26N4O2/c1-3-14-7-5-8-19-16(14)17(23)21-10-6-9-20(11-12-21)13-15(22)18-4-2/h5,7-8H,3-4,6,9-13H2,1-2H3,(H,18,22). The Morgan fingerprint density at radius 3 is 2.78 bits per heavy atom. The molecule has 0 saturated carbocycles. The fourth-order valence-electron chi connectivity index (χ4n) is 2.85. The van der Waals surface area contributed by atoms with Gasteiger partial charge in [0.05, 0.1) is 6.54 Å². The maximum atomic E-state index is 12.7. The van der Waals surface area contributed by atoms with Gasteiger partial charge >= 0.3 is 0 Å². The van der Waals surface area contributed by atoms with Crippen LogP contribution in [0.5, 0.6) is 0 Å². The molecule has 1 N–H and O–H groups in total. The van der Waals surface area contributed by atoms with Crippen molar-refractivity contribution in [2.75, 3.05) is 39.3 Å². The monoisotopic (exact) mass is 318 g/mol. The molecular formula is C17H26N4O2. The van der Waals surface area contributed by atoms with Crippen molar-refractivity contribution in [3.63, 3.8) is 0 Å². The number of aromatic nitrogens is 1. The molecule has 6 heteroatoms. The van der Waals surface area contributed by atoms with Crippen molar-refractivity contribution in [3.8, 4) is 0 Å². The molecule has 0 bridgehead atoms. The molecule has 1 fully saturated rings. The molecule has 1 aromatic heterocycles. The Morgan fingerprint density at radius 2 is 2.04 bits per heavy atom. The SMILES string of the molecule is CCNC(=O)CN1CCCN(C(=O)c2ncccc2CC)CC1. The van der Waals surface area contributed by atoms with Crippen molar-refractivity contribution in [3.05, 3.63) is 29.6 Å². The minimum absolute atomic E-state index is 0.00214. The molecule has 0 aliphatic carbocycles. The predicted octanol–water partition coefficient (Wildman–Crippen LogP) is 0.928. The molecule has 1 aliphatic rings. The van der Waals surface area contributed by atoms with E-state index in [0.717, 1.165) is 31.5 Å². The topological polar surface area (TPSA) is 65.5 Å². The molecule has 126 valence electrons. The van der Waals surface area contributed by atoms with Crippen molar-refractivity contribution in [1.29, 1.82) is 0 Å². The summed E-state index contributed by atoms with van der Waals surface area (Å²) in [6.07, 6.45) is 3.34. The lowest BCUT2D eigenvalue weighted by atomic mass is 10.1. The first-order valence-corrected chi connectivity index (χ1v) is 8.38. The molecule has 23 heavy (non-hydrogen) atoms. The summed E-state index contributed by atoms with van der Waals surface area (Å²) in [5, 5.41) is 2.82. The maximum Gasteiger partial charge on any atom is 0.272 e. The average Bonchev–Trinajstić information content (AvgIpc) is 2.80. The Balaban J connectivity index is 1.97. The largest absolute Gasteiger partial charge is 0.355 e. The molecule has 0 spiro atoms. The van der Waals surface area contributed by atoms with Gasteiger partial charge in [0.15, 0.2) is 0 Å². The average molecular weight is 318 g/mol. The van der Waals surface area contributed by atoms with Crippen molar-refractivity contribution < 1.29 is 9.59 Å². The van der Waals surface area contributed by atoms with E-state index >= 15 is 0 Å². The van der Waals surface area contributed by atoms with Crippen LogP contribution in [0.4, 0.5) is 0 Å². The van der Waals surface area contributed by atoms with Gasteiger partial charge in [-0.15, -0.1) is 0 Å². The summed E-state index contributed by atoms with van der Waals surface area (Å²) in [7, 11) is 0. The van der Waals surface area contributed by atoms with Gasteiger partial charge in [0.2, 0.25) is 5.91 Å². The fourth-order valence-corrected chi connectivity index (χ4v) is 2.85. The summed E-state index contributed by atoms with van der Waals surface area (Å²) in [6.45, 7) is 7.91. The molecule has 2 amide bonds. The summed E-state index contributed by atoms with van der Waals surface area (Å²) >= 11 is 0. The zero-order chi connectivity index (χ0) is 16.7. The third kappa shape index (κ3) is 4.76. The first-order chi connectivity index (χ1) is 11.2. The number of aryl methyl sites for hydroxylation is 1. The Hall–Kier alpha value is -1.95. The number of carbonyl (C=O) groups is 2. The molecule has 1 aromatic rings. The van der Waals surface area contributed by atoms with Crippen LogP contribution in [0.2, 0.25) is 0 Å². The van der Waals surface area contributed by atoms with Gasteiger partial charge in [0.25, 0.3) is 5.91 Å². The van der Waals surface area contributed by atoms with E-state index in [0.29, 0.717) is 31.9 Å². The summed E-state index contributed by atoms with van der Waals surface area (Å²) < 4.78 is 0. The molecule has 0 unspecified atom stereocenters. The number of nitrogens with one attached hydrogen (secondary N) is 1. The zero-order valence-electron chi connectivity index (χ0n) is 14.0. The quantitative estimate of drug-likeness (QED) is 0.877. The highest BCUT2D eigenvalue weighted by atomic mass is 16.2. The molecule has 1 saturated heterocycles. The lowest BCUT2D eigenvalue weighted by molar-refractivity contribution is -0.122. The summed E-state index contributed by atoms with van der Waals surface area (Å²) in [6, 6.07) is 3.82. The van der Waals surface area contributed by atoms with E-state index in [1.807, 2.05) is 30.9 Å². The Kier molecular flexibility index (Phi) is 6.52. The van der Waals surface area contributed by atoms with Crippen LogP contribution in [0.1, 0.15) is 36.3 Å². The maximum absolute atomic E-state index is 12.7. The molecule has 0 atom stereocenters. The van der Waals surface area contributed by atoms with E-state index in [1.165, 1.54) is 0 Å². The lowest BCUT2D eigenvalue weighted by Crippen LogP contribution is -2.40. The van der Waals surface area contributed by atoms with Crippen LogP contribution < -0.4 is 5.32 Å². The highest BCUT2D eigenvalue weighted by Crippen LogP contribution is 2.12. The van der Waals surface area contributed by atoms with Crippen molar-refractivity contribution >= 4 is 11.8 Å². The molecule has 2 rings (SSSR count). The van der Waals surface area contributed by atoms with Crippen LogP contribution in [-0.4, -0.2) is 65.9 Å². The Bertz CT molecular complexity index is 547. The van der Waals surface area contributed by atoms with Gasteiger partial charge < -0.3 is 10.2 Å². The number of carbonyl (C=O) groups excluding carboxylic acids is 2. The van der Waals surface area contributed by atoms with Gasteiger partial charge in [-0.3, -0.25) is 19.5 Å². The Morgan fingerprint density at radius 1 is 1.22 bits per heavy atom. The van der Waals surface area contributed by atoms with Crippen LogP contribution in [0, 0.1) is 0 Å². The smallest absolute Gasteiger partial charge is 0.272 e. The van der Waals surface area contributed by atoms with E-state index in [2.05, 4.69) is 15.2 Å². The van der Waals surface area contributed by atoms with Crippen LogP contribution in [0.3, 0.4) is 0 Å². The highest BCUT2D eigenvalue weighted by Gasteiger charge is 2.23. The number of nitrogens with zero attached hydrogens (tertiary/aromatic N) is 3. The second-order valence-corrected chi connectivity index (χ2v) is 5.74. The van der Waals surface area contributed by atoms with Gasteiger partial charge in [0, 0.05) is 38.9 Å². The van der Waals surface area contributed by atoms with Gasteiger partial charge in [0.1, 0.15) is 5.69 Å². The first-order valence-electron chi connectivity index (χ1n) is 8.38. The number of hydrogen-bond donors (Lipinski definition) is 1. The summed E-state index contributed by atoms with van der Waals surface area (Å²) in [5.41, 5.74) is 1.55. The molecule has 0 aromatic carbocycles. The minimum atomic E-state index is 0.00214. The number of hydrogen-bond acceptors (Lipinski definition) is 4. The zero-order valence-corrected chi connectivity index (χ0v) is 14.0. The van der Waals surface area contributed by atoms with E-state index in [4.69, 9.17) is 0 Å². The van der Waals surface area contributed by atoms with Crippen LogP contribution >= 0.6 is 0 Å². The summed E-state index contributed by atoms with van der Waals surface area (Å²) in [5.74, 6) is 0.0487. The van der Waals surface area contributed by atoms with Gasteiger partial charge in [-0.25, -0.2) is 0 Å². The third-order valence-electron chi connectivity index (χ3n) is 4.09.